The first kappa shape index (κ1) is 21.1. The van der Waals surface area contributed by atoms with Gasteiger partial charge in [-0.05, 0) is 67.9 Å². The van der Waals surface area contributed by atoms with Gasteiger partial charge in [-0.25, -0.2) is 0 Å². The van der Waals surface area contributed by atoms with Crippen LogP contribution in [0.1, 0.15) is 29.8 Å². The first-order valence-electron chi connectivity index (χ1n) is 7.54. The predicted octanol–water partition coefficient (Wildman–Crippen LogP) is 2.33. The lowest BCUT2D eigenvalue weighted by Crippen LogP contribution is -2.22. The van der Waals surface area contributed by atoms with Crippen molar-refractivity contribution in [2.75, 3.05) is 0 Å². The minimum atomic E-state index is -1.50. The van der Waals surface area contributed by atoms with Gasteiger partial charge in [0.25, 0.3) is 5.09 Å². The van der Waals surface area contributed by atoms with Crippen molar-refractivity contribution in [3.8, 4) is 11.5 Å². The minimum Gasteiger partial charge on any atom is -0.457 e. The van der Waals surface area contributed by atoms with Gasteiger partial charge in [0.15, 0.2) is 5.78 Å². The highest BCUT2D eigenvalue weighted by molar-refractivity contribution is 5.99. The van der Waals surface area contributed by atoms with E-state index in [4.69, 9.17) is 31.5 Å². The molecule has 0 radical (unpaired) electrons. The molecule has 0 heterocycles. The van der Waals surface area contributed by atoms with Crippen molar-refractivity contribution in [1.29, 1.82) is 0 Å². The zero-order valence-corrected chi connectivity index (χ0v) is 14.7. The number of ketones is 1. The number of nitrogens with zero attached hydrogens (tertiary/aromatic N) is 3. The summed E-state index contributed by atoms with van der Waals surface area (Å²) in [5, 5.41) is 21.2. The number of benzene rings is 2. The Bertz CT molecular complexity index is 837. The second kappa shape index (κ2) is 10.1. The van der Waals surface area contributed by atoms with Crippen molar-refractivity contribution in [2.45, 2.75) is 13.8 Å². The number of Topliss-reactive ketones (excluding diaryl/α,β-unsaturated/α-hetero) is 1. The average Bonchev–Trinajstić information content (AvgIpc) is 2.60. The van der Waals surface area contributed by atoms with Crippen LogP contribution in [0.2, 0.25) is 0 Å². The van der Waals surface area contributed by atoms with Gasteiger partial charge >= 0.3 is 0 Å². The number of ether oxygens (including phenoxy) is 1. The molecule has 0 aliphatic carbocycles. The molecule has 10 nitrogen and oxygen atoms in total. The number of carbonyl (C=O) groups is 1. The molecule has 2 aromatic carbocycles. The van der Waals surface area contributed by atoms with Gasteiger partial charge in [-0.3, -0.25) is 4.79 Å². The quantitative estimate of drug-likeness (QED) is 0.238. The SMILES string of the molecule is CC(=O)c1ccc(Oc2ccc(/C(C)=N/N=C(N)N)cc2)cc1.O=[N+]([O-])O. The molecule has 0 fully saturated rings. The highest BCUT2D eigenvalue weighted by Gasteiger charge is 2.02. The maximum Gasteiger partial charge on any atom is 0.291 e. The van der Waals surface area contributed by atoms with Crippen LogP contribution in [0.3, 0.4) is 0 Å². The zero-order valence-electron chi connectivity index (χ0n) is 14.7. The summed E-state index contributed by atoms with van der Waals surface area (Å²) in [6, 6.07) is 14.4. The molecular weight excluding hydrogens is 354 g/mol. The summed E-state index contributed by atoms with van der Waals surface area (Å²) >= 11 is 0. The molecule has 0 atom stereocenters. The van der Waals surface area contributed by atoms with E-state index in [0.717, 1.165) is 5.56 Å². The van der Waals surface area contributed by atoms with Crippen molar-refractivity contribution < 1.29 is 19.8 Å². The fraction of sp³-hybridized carbons (Fsp3) is 0.118. The van der Waals surface area contributed by atoms with E-state index in [1.54, 1.807) is 24.3 Å². The number of guanidine groups is 1. The molecule has 0 aliphatic heterocycles. The Labute approximate surface area is 154 Å². The van der Waals surface area contributed by atoms with Crippen LogP contribution in [-0.4, -0.2) is 27.7 Å². The van der Waals surface area contributed by atoms with Crippen LogP contribution < -0.4 is 16.2 Å². The molecule has 2 aromatic rings. The Morgan fingerprint density at radius 1 is 0.963 bits per heavy atom. The van der Waals surface area contributed by atoms with Gasteiger partial charge in [0.05, 0.1) is 5.71 Å². The van der Waals surface area contributed by atoms with Crippen LogP contribution >= 0.6 is 0 Å². The zero-order chi connectivity index (χ0) is 20.4. The van der Waals surface area contributed by atoms with Crippen LogP contribution in [0.4, 0.5) is 0 Å². The number of hydrogen-bond acceptors (Lipinski definition) is 6. The molecule has 142 valence electrons. The standard InChI is InChI=1S/C17H18N4O2.HNO3/c1-11(20-21-17(18)19)13-3-7-15(8-4-13)23-16-9-5-14(6-10-16)12(2)22;2-1(3)4/h3-10H,1-2H3,(H4,18,19,21);(H,2,3,4)/b20-11+;. The molecule has 0 aliphatic rings. The van der Waals surface area contributed by atoms with E-state index >= 15 is 0 Å². The molecule has 0 amide bonds. The molecule has 0 aromatic heterocycles. The van der Waals surface area contributed by atoms with Gasteiger partial charge in [-0.1, -0.05) is 0 Å². The van der Waals surface area contributed by atoms with Crippen LogP contribution in [-0.2, 0) is 0 Å². The van der Waals surface area contributed by atoms with E-state index in [-0.39, 0.29) is 11.7 Å². The third-order valence-corrected chi connectivity index (χ3v) is 3.08. The Hall–Kier alpha value is -3.95. The van der Waals surface area contributed by atoms with Gasteiger partial charge in [-0.15, -0.1) is 15.2 Å². The summed E-state index contributed by atoms with van der Waals surface area (Å²) in [6.45, 7) is 3.34. The summed E-state index contributed by atoms with van der Waals surface area (Å²) in [4.78, 5) is 19.6. The van der Waals surface area contributed by atoms with Gasteiger partial charge in [0, 0.05) is 5.56 Å². The number of nitrogens with two attached hydrogens (primary N) is 2. The number of carbonyl (C=O) groups excluding carboxylic acids is 1. The van der Waals surface area contributed by atoms with E-state index in [1.165, 1.54) is 6.92 Å². The van der Waals surface area contributed by atoms with Crippen molar-refractivity contribution >= 4 is 17.5 Å². The van der Waals surface area contributed by atoms with E-state index in [1.807, 2.05) is 31.2 Å². The molecule has 27 heavy (non-hydrogen) atoms. The van der Waals surface area contributed by atoms with E-state index in [2.05, 4.69) is 10.2 Å². The smallest absolute Gasteiger partial charge is 0.291 e. The van der Waals surface area contributed by atoms with Gasteiger partial charge in [0.1, 0.15) is 11.5 Å². The fourth-order valence-corrected chi connectivity index (χ4v) is 1.85. The summed E-state index contributed by atoms with van der Waals surface area (Å²) < 4.78 is 5.73. The predicted molar refractivity (Wildman–Crippen MR) is 99.8 cm³/mol. The normalized spacial score (nSPS) is 10.2. The van der Waals surface area contributed by atoms with Crippen LogP contribution in [0.15, 0.2) is 58.7 Å². The molecule has 0 spiro atoms. The molecule has 0 bridgehead atoms. The fourth-order valence-electron chi connectivity index (χ4n) is 1.85. The molecule has 0 saturated carbocycles. The topological polar surface area (TPSA) is 166 Å². The Balaban J connectivity index is 0.000000828. The maximum atomic E-state index is 11.2. The van der Waals surface area contributed by atoms with Crippen molar-refractivity contribution in [1.82, 2.24) is 0 Å². The Kier molecular flexibility index (Phi) is 7.92. The van der Waals surface area contributed by atoms with Crippen LogP contribution in [0.25, 0.3) is 0 Å². The molecule has 0 saturated heterocycles. The minimum absolute atomic E-state index is 0.0245. The van der Waals surface area contributed by atoms with E-state index in [9.17, 15) is 4.79 Å². The van der Waals surface area contributed by atoms with Crippen LogP contribution in [0, 0.1) is 10.1 Å². The van der Waals surface area contributed by atoms with Crippen LogP contribution in [0.5, 0.6) is 11.5 Å². The largest absolute Gasteiger partial charge is 0.457 e. The van der Waals surface area contributed by atoms with E-state index < -0.39 is 5.09 Å². The summed E-state index contributed by atoms with van der Waals surface area (Å²) in [5.41, 5.74) is 12.7. The third kappa shape index (κ3) is 8.12. The Morgan fingerprint density at radius 2 is 1.37 bits per heavy atom. The van der Waals surface area contributed by atoms with Gasteiger partial charge in [-0.2, -0.15) is 5.10 Å². The van der Waals surface area contributed by atoms with Crippen molar-refractivity contribution in [3.63, 3.8) is 0 Å². The lowest BCUT2D eigenvalue weighted by Gasteiger charge is -2.07. The van der Waals surface area contributed by atoms with Gasteiger partial charge in [0.2, 0.25) is 5.96 Å². The summed E-state index contributed by atoms with van der Waals surface area (Å²) in [7, 11) is 0. The van der Waals surface area contributed by atoms with Gasteiger partial charge < -0.3 is 21.4 Å². The van der Waals surface area contributed by atoms with Crippen molar-refractivity contribution in [3.05, 3.63) is 69.8 Å². The summed E-state index contributed by atoms with van der Waals surface area (Å²) in [5.74, 6) is 1.28. The molecule has 5 N–H and O–H groups in total. The lowest BCUT2D eigenvalue weighted by molar-refractivity contribution is -0.742. The second-order valence-corrected chi connectivity index (χ2v) is 5.16. The number of rotatable bonds is 5. The molecular formula is C17H19N5O5. The average molecular weight is 373 g/mol. The third-order valence-electron chi connectivity index (χ3n) is 3.08. The molecule has 2 rings (SSSR count). The molecule has 0 unspecified atom stereocenters. The monoisotopic (exact) mass is 373 g/mol. The highest BCUT2D eigenvalue weighted by atomic mass is 16.9. The summed E-state index contributed by atoms with van der Waals surface area (Å²) in [6.07, 6.45) is 0. The van der Waals surface area contributed by atoms with E-state index in [0.29, 0.717) is 22.8 Å². The Morgan fingerprint density at radius 3 is 1.74 bits per heavy atom. The van der Waals surface area contributed by atoms with Crippen molar-refractivity contribution in [2.24, 2.45) is 21.7 Å². The second-order valence-electron chi connectivity index (χ2n) is 5.16. The highest BCUT2D eigenvalue weighted by Crippen LogP contribution is 2.22. The first-order valence-corrected chi connectivity index (χ1v) is 7.54. The maximum absolute atomic E-state index is 11.2. The number of hydrogen-bond donors (Lipinski definition) is 3. The molecule has 10 heteroatoms. The lowest BCUT2D eigenvalue weighted by atomic mass is 10.1. The first-order chi connectivity index (χ1) is 12.7.